The summed E-state index contributed by atoms with van der Waals surface area (Å²) in [7, 11) is 0. The molecular formula is C19H16ClN5O3. The SMILES string of the molecule is O=C(COc1ccccc1)Nc1nc2n(n1)[C@@H](c1ccc(Cl)cc1)CC(=O)N2. The Morgan fingerprint density at radius 1 is 1.21 bits per heavy atom. The van der Waals surface area contributed by atoms with Crippen LogP contribution in [0.3, 0.4) is 0 Å². The molecule has 2 N–H and O–H groups in total. The number of nitrogens with zero attached hydrogens (tertiary/aromatic N) is 3. The minimum Gasteiger partial charge on any atom is -0.484 e. The van der Waals surface area contributed by atoms with Gasteiger partial charge in [0.2, 0.25) is 11.9 Å². The standard InChI is InChI=1S/C19H16ClN5O3/c20-13-8-6-12(7-9-13)15-10-16(26)22-19-23-18(24-25(15)19)21-17(27)11-28-14-4-2-1-3-5-14/h1-9,15H,10-11H2,(H2,21,22,23,24,26,27)/t15-/m1/s1. The van der Waals surface area contributed by atoms with Crippen LogP contribution in [0.15, 0.2) is 54.6 Å². The van der Waals surface area contributed by atoms with Gasteiger partial charge in [0.15, 0.2) is 6.61 Å². The van der Waals surface area contributed by atoms with Crippen LogP contribution in [0, 0.1) is 0 Å². The van der Waals surface area contributed by atoms with Crippen molar-refractivity contribution >= 4 is 35.3 Å². The van der Waals surface area contributed by atoms with Crippen LogP contribution in [0.1, 0.15) is 18.0 Å². The Hall–Kier alpha value is -3.39. The third kappa shape index (κ3) is 3.96. The van der Waals surface area contributed by atoms with Gasteiger partial charge in [-0.2, -0.15) is 4.98 Å². The molecule has 28 heavy (non-hydrogen) atoms. The van der Waals surface area contributed by atoms with E-state index in [0.29, 0.717) is 10.8 Å². The lowest BCUT2D eigenvalue weighted by atomic mass is 10.0. The van der Waals surface area contributed by atoms with Crippen molar-refractivity contribution in [2.75, 3.05) is 17.2 Å². The predicted molar refractivity (Wildman–Crippen MR) is 103 cm³/mol. The van der Waals surface area contributed by atoms with Crippen molar-refractivity contribution in [2.24, 2.45) is 0 Å². The molecule has 0 saturated carbocycles. The van der Waals surface area contributed by atoms with Crippen molar-refractivity contribution in [3.63, 3.8) is 0 Å². The van der Waals surface area contributed by atoms with Gasteiger partial charge < -0.3 is 4.74 Å². The number of halogens is 1. The Kier molecular flexibility index (Phi) is 4.94. The van der Waals surface area contributed by atoms with E-state index in [-0.39, 0.29) is 36.9 Å². The minimum absolute atomic E-state index is 0.0952. The first-order valence-corrected chi connectivity index (χ1v) is 8.96. The predicted octanol–water partition coefficient (Wildman–Crippen LogP) is 2.88. The molecule has 2 amide bonds. The second kappa shape index (κ2) is 7.69. The lowest BCUT2D eigenvalue weighted by molar-refractivity contribution is -0.118. The highest BCUT2D eigenvalue weighted by atomic mass is 35.5. The Bertz CT molecular complexity index is 1000. The van der Waals surface area contributed by atoms with Crippen molar-refractivity contribution in [3.8, 4) is 5.75 Å². The Morgan fingerprint density at radius 2 is 1.96 bits per heavy atom. The van der Waals surface area contributed by atoms with E-state index < -0.39 is 5.91 Å². The summed E-state index contributed by atoms with van der Waals surface area (Å²) in [6.45, 7) is -0.180. The Morgan fingerprint density at radius 3 is 2.71 bits per heavy atom. The average molecular weight is 398 g/mol. The highest BCUT2D eigenvalue weighted by molar-refractivity contribution is 6.30. The number of carbonyl (C=O) groups is 2. The van der Waals surface area contributed by atoms with Crippen LogP contribution in [-0.2, 0) is 9.59 Å². The van der Waals surface area contributed by atoms with Gasteiger partial charge in [-0.3, -0.25) is 20.2 Å². The first-order valence-electron chi connectivity index (χ1n) is 8.58. The number of rotatable bonds is 5. The van der Waals surface area contributed by atoms with Crippen LogP contribution in [0.4, 0.5) is 11.9 Å². The molecule has 0 unspecified atom stereocenters. The molecule has 0 fully saturated rings. The summed E-state index contributed by atoms with van der Waals surface area (Å²) in [6.07, 6.45) is 0.211. The molecule has 0 bridgehead atoms. The van der Waals surface area contributed by atoms with Crippen LogP contribution in [-0.4, -0.2) is 33.2 Å². The Labute approximate surface area is 165 Å². The van der Waals surface area contributed by atoms with Gasteiger partial charge in [0.1, 0.15) is 5.75 Å². The number of benzene rings is 2. The molecular weight excluding hydrogens is 382 g/mol. The van der Waals surface area contributed by atoms with Gasteiger partial charge in [0, 0.05) is 5.02 Å². The maximum Gasteiger partial charge on any atom is 0.264 e. The molecule has 0 aliphatic carbocycles. The zero-order valence-corrected chi connectivity index (χ0v) is 15.4. The molecule has 0 spiro atoms. The van der Waals surface area contributed by atoms with Gasteiger partial charge in [0.05, 0.1) is 12.5 Å². The summed E-state index contributed by atoms with van der Waals surface area (Å²) >= 11 is 5.94. The molecule has 1 aliphatic rings. The van der Waals surface area contributed by atoms with Crippen LogP contribution < -0.4 is 15.4 Å². The second-order valence-electron chi connectivity index (χ2n) is 6.17. The fraction of sp³-hybridized carbons (Fsp3) is 0.158. The van der Waals surface area contributed by atoms with E-state index in [2.05, 4.69) is 20.7 Å². The average Bonchev–Trinajstić information content (AvgIpc) is 3.09. The fourth-order valence-electron chi connectivity index (χ4n) is 2.89. The quantitative estimate of drug-likeness (QED) is 0.689. The summed E-state index contributed by atoms with van der Waals surface area (Å²) in [6, 6.07) is 15.9. The van der Waals surface area contributed by atoms with E-state index in [4.69, 9.17) is 16.3 Å². The van der Waals surface area contributed by atoms with Crippen LogP contribution in [0.2, 0.25) is 5.02 Å². The number of aromatic nitrogens is 3. The number of hydrogen-bond acceptors (Lipinski definition) is 5. The molecule has 1 aromatic heterocycles. The van der Waals surface area contributed by atoms with Crippen LogP contribution in [0.25, 0.3) is 0 Å². The summed E-state index contributed by atoms with van der Waals surface area (Å²) in [5, 5.41) is 10.2. The van der Waals surface area contributed by atoms with Crippen molar-refractivity contribution < 1.29 is 14.3 Å². The zero-order chi connectivity index (χ0) is 19.5. The lowest BCUT2D eigenvalue weighted by Crippen LogP contribution is -2.29. The van der Waals surface area contributed by atoms with Gasteiger partial charge >= 0.3 is 0 Å². The number of amides is 2. The molecule has 9 heteroatoms. The molecule has 0 radical (unpaired) electrons. The fourth-order valence-corrected chi connectivity index (χ4v) is 3.01. The molecule has 1 aliphatic heterocycles. The summed E-state index contributed by atoms with van der Waals surface area (Å²) in [5.74, 6) is 0.379. The first kappa shape index (κ1) is 18.0. The summed E-state index contributed by atoms with van der Waals surface area (Å²) in [5.41, 5.74) is 0.871. The van der Waals surface area contributed by atoms with Gasteiger partial charge in [-0.25, -0.2) is 4.68 Å². The maximum atomic E-state index is 12.1. The zero-order valence-electron chi connectivity index (χ0n) is 14.6. The largest absolute Gasteiger partial charge is 0.484 e. The molecule has 142 valence electrons. The molecule has 2 aromatic carbocycles. The molecule has 8 nitrogen and oxygen atoms in total. The number of nitrogens with one attached hydrogen (secondary N) is 2. The van der Waals surface area contributed by atoms with Crippen molar-refractivity contribution in [3.05, 3.63) is 65.2 Å². The topological polar surface area (TPSA) is 98.1 Å². The number of carbonyl (C=O) groups excluding carboxylic acids is 2. The van der Waals surface area contributed by atoms with Crippen molar-refractivity contribution in [1.82, 2.24) is 14.8 Å². The normalized spacial score (nSPS) is 15.5. The summed E-state index contributed by atoms with van der Waals surface area (Å²) < 4.78 is 6.99. The van der Waals surface area contributed by atoms with Crippen molar-refractivity contribution in [1.29, 1.82) is 0 Å². The third-order valence-corrected chi connectivity index (χ3v) is 4.43. The summed E-state index contributed by atoms with van der Waals surface area (Å²) in [4.78, 5) is 28.4. The van der Waals surface area contributed by atoms with Gasteiger partial charge in [0.25, 0.3) is 11.9 Å². The number of anilines is 2. The third-order valence-electron chi connectivity index (χ3n) is 4.18. The Balaban J connectivity index is 1.48. The van der Waals surface area contributed by atoms with E-state index in [1.54, 1.807) is 28.9 Å². The van der Waals surface area contributed by atoms with E-state index in [9.17, 15) is 9.59 Å². The van der Waals surface area contributed by atoms with Gasteiger partial charge in [-0.1, -0.05) is 41.9 Å². The molecule has 4 rings (SSSR count). The van der Waals surface area contributed by atoms with Crippen LogP contribution in [0.5, 0.6) is 5.75 Å². The minimum atomic E-state index is -0.402. The number of hydrogen-bond donors (Lipinski definition) is 2. The molecule has 2 heterocycles. The maximum absolute atomic E-state index is 12.1. The number of fused-ring (bicyclic) bond motifs is 1. The van der Waals surface area contributed by atoms with Crippen LogP contribution >= 0.6 is 11.6 Å². The molecule has 3 aromatic rings. The van der Waals surface area contributed by atoms with E-state index in [0.717, 1.165) is 5.56 Å². The molecule has 0 saturated heterocycles. The van der Waals surface area contributed by atoms with Gasteiger partial charge in [-0.15, -0.1) is 5.10 Å². The first-order chi connectivity index (χ1) is 13.6. The molecule has 1 atom stereocenters. The van der Waals surface area contributed by atoms with E-state index >= 15 is 0 Å². The van der Waals surface area contributed by atoms with E-state index in [1.165, 1.54) is 0 Å². The number of ether oxygens (including phenoxy) is 1. The monoisotopic (exact) mass is 397 g/mol. The number of para-hydroxylation sites is 1. The van der Waals surface area contributed by atoms with E-state index in [1.807, 2.05) is 30.3 Å². The van der Waals surface area contributed by atoms with Crippen molar-refractivity contribution in [2.45, 2.75) is 12.5 Å². The van der Waals surface area contributed by atoms with Gasteiger partial charge in [-0.05, 0) is 29.8 Å². The highest BCUT2D eigenvalue weighted by Crippen LogP contribution is 2.30. The second-order valence-corrected chi connectivity index (χ2v) is 6.61. The smallest absolute Gasteiger partial charge is 0.264 e. The lowest BCUT2D eigenvalue weighted by Gasteiger charge is -2.23. The highest BCUT2D eigenvalue weighted by Gasteiger charge is 2.29.